The fourth-order valence-electron chi connectivity index (χ4n) is 2.22. The first-order chi connectivity index (χ1) is 12.5. The minimum Gasteiger partial charge on any atom is -0.382 e. The first-order valence-corrected chi connectivity index (χ1v) is 7.88. The van der Waals surface area contributed by atoms with E-state index >= 15 is 0 Å². The molecule has 26 heavy (non-hydrogen) atoms. The van der Waals surface area contributed by atoms with Crippen molar-refractivity contribution >= 4 is 40.7 Å². The summed E-state index contributed by atoms with van der Waals surface area (Å²) in [6.07, 6.45) is 1.27. The summed E-state index contributed by atoms with van der Waals surface area (Å²) in [7, 11) is 0. The van der Waals surface area contributed by atoms with Gasteiger partial charge in [0, 0.05) is 16.9 Å². The predicted molar refractivity (Wildman–Crippen MR) is 99.9 cm³/mol. The molecule has 8 nitrogen and oxygen atoms in total. The number of anilines is 3. The molecule has 0 unspecified atom stereocenters. The second-order valence-electron chi connectivity index (χ2n) is 5.31. The van der Waals surface area contributed by atoms with Crippen LogP contribution in [0.4, 0.5) is 17.2 Å². The van der Waals surface area contributed by atoms with Crippen molar-refractivity contribution in [1.29, 1.82) is 5.41 Å². The minimum absolute atomic E-state index is 0.0670. The molecule has 3 rings (SSSR count). The van der Waals surface area contributed by atoms with Crippen LogP contribution >= 0.6 is 11.6 Å². The van der Waals surface area contributed by atoms with Crippen molar-refractivity contribution < 1.29 is 10.0 Å². The fourth-order valence-corrected chi connectivity index (χ4v) is 2.40. The van der Waals surface area contributed by atoms with Gasteiger partial charge in [0.15, 0.2) is 5.82 Å². The highest BCUT2D eigenvalue weighted by molar-refractivity contribution is 6.30. The Morgan fingerprint density at radius 2 is 1.96 bits per heavy atom. The zero-order valence-corrected chi connectivity index (χ0v) is 14.2. The zero-order valence-electron chi connectivity index (χ0n) is 13.4. The monoisotopic (exact) mass is 370 g/mol. The summed E-state index contributed by atoms with van der Waals surface area (Å²) in [5.74, 6) is -0.958. The number of nitrogens with two attached hydrogens (primary N) is 1. The number of nitrogens with one attached hydrogen (secondary N) is 2. The van der Waals surface area contributed by atoms with Crippen LogP contribution in [0.3, 0.4) is 0 Å². The molecule has 1 heterocycles. The van der Waals surface area contributed by atoms with Crippen LogP contribution in [0.1, 0.15) is 10.4 Å². The Bertz CT molecular complexity index is 957. The molecule has 0 bridgehead atoms. The third-order valence-corrected chi connectivity index (χ3v) is 3.72. The summed E-state index contributed by atoms with van der Waals surface area (Å²) in [4.78, 5) is 12.3. The first-order valence-electron chi connectivity index (χ1n) is 7.51. The molecule has 0 spiro atoms. The van der Waals surface area contributed by atoms with E-state index in [4.69, 9.17) is 22.7 Å². The van der Waals surface area contributed by atoms with Crippen LogP contribution in [0, 0.1) is 5.41 Å². The Balaban J connectivity index is 1.81. The van der Waals surface area contributed by atoms with E-state index in [1.54, 1.807) is 42.5 Å². The lowest BCUT2D eigenvalue weighted by Gasteiger charge is -2.17. The minimum atomic E-state index is -0.472. The summed E-state index contributed by atoms with van der Waals surface area (Å²) < 4.78 is 0.996. The van der Waals surface area contributed by atoms with E-state index in [0.717, 1.165) is 4.68 Å². The molecule has 0 aliphatic rings. The standard InChI is InChI=1S/C17H15ClN6O2/c18-11-5-4-8-13(9-11)24(26)17(20)23-10-14(15(19)22-23)16(25)21-12-6-2-1-3-7-12/h1-10,20,26H,(H2,19,22)(H,21,25). The van der Waals surface area contributed by atoms with Crippen LogP contribution < -0.4 is 16.1 Å². The summed E-state index contributed by atoms with van der Waals surface area (Å²) in [5, 5.41) is 25.8. The number of carbonyl (C=O) groups is 1. The Hall–Kier alpha value is -3.36. The van der Waals surface area contributed by atoms with Gasteiger partial charge in [0.25, 0.3) is 5.91 Å². The highest BCUT2D eigenvalue weighted by atomic mass is 35.5. The largest absolute Gasteiger partial charge is 0.382 e. The number of para-hydroxylation sites is 1. The van der Waals surface area contributed by atoms with Gasteiger partial charge in [-0.1, -0.05) is 35.9 Å². The molecule has 0 atom stereocenters. The van der Waals surface area contributed by atoms with Gasteiger partial charge in [0.05, 0.1) is 5.69 Å². The van der Waals surface area contributed by atoms with Crippen molar-refractivity contribution in [2.75, 3.05) is 16.1 Å². The normalized spacial score (nSPS) is 10.4. The van der Waals surface area contributed by atoms with Crippen LogP contribution in [0.2, 0.25) is 5.02 Å². The third kappa shape index (κ3) is 3.66. The lowest BCUT2D eigenvalue weighted by molar-refractivity contribution is 0.102. The Morgan fingerprint density at radius 1 is 1.23 bits per heavy atom. The number of aromatic nitrogens is 2. The number of rotatable bonds is 3. The van der Waals surface area contributed by atoms with E-state index in [2.05, 4.69) is 10.4 Å². The number of hydrogen-bond acceptors (Lipinski definition) is 5. The number of amides is 1. The molecular formula is C17H15ClN6O2. The van der Waals surface area contributed by atoms with Gasteiger partial charge in [0.1, 0.15) is 5.56 Å². The van der Waals surface area contributed by atoms with E-state index in [1.165, 1.54) is 12.3 Å². The van der Waals surface area contributed by atoms with Crippen LogP contribution in [-0.4, -0.2) is 26.9 Å². The molecule has 5 N–H and O–H groups in total. The third-order valence-electron chi connectivity index (χ3n) is 3.49. The molecule has 0 radical (unpaired) electrons. The van der Waals surface area contributed by atoms with Crippen LogP contribution in [-0.2, 0) is 0 Å². The molecule has 1 aromatic heterocycles. The molecular weight excluding hydrogens is 356 g/mol. The van der Waals surface area contributed by atoms with Gasteiger partial charge in [-0.3, -0.25) is 15.4 Å². The number of halogens is 1. The molecule has 0 saturated heterocycles. The average Bonchev–Trinajstić information content (AvgIpc) is 3.03. The summed E-state index contributed by atoms with van der Waals surface area (Å²) >= 11 is 5.88. The van der Waals surface area contributed by atoms with Crippen molar-refractivity contribution in [1.82, 2.24) is 9.78 Å². The number of nitrogens with zero attached hydrogens (tertiary/aromatic N) is 3. The highest BCUT2D eigenvalue weighted by Gasteiger charge is 2.19. The van der Waals surface area contributed by atoms with E-state index in [9.17, 15) is 10.0 Å². The van der Waals surface area contributed by atoms with Crippen LogP contribution in [0.5, 0.6) is 0 Å². The first kappa shape index (κ1) is 17.5. The molecule has 2 aromatic carbocycles. The quantitative estimate of drug-likeness (QED) is 0.321. The molecule has 3 aromatic rings. The molecule has 0 aliphatic heterocycles. The average molecular weight is 371 g/mol. The van der Waals surface area contributed by atoms with E-state index in [0.29, 0.717) is 15.8 Å². The lowest BCUT2D eigenvalue weighted by atomic mass is 10.2. The maximum Gasteiger partial charge on any atom is 0.261 e. The molecule has 0 saturated carbocycles. The lowest BCUT2D eigenvalue weighted by Crippen LogP contribution is -2.32. The number of benzene rings is 2. The topological polar surface area (TPSA) is 120 Å². The summed E-state index contributed by atoms with van der Waals surface area (Å²) in [6.45, 7) is 0. The van der Waals surface area contributed by atoms with Gasteiger partial charge in [0.2, 0.25) is 5.96 Å². The van der Waals surface area contributed by atoms with Crippen LogP contribution in [0.15, 0.2) is 60.8 Å². The SMILES string of the molecule is N=C(N(O)c1cccc(Cl)c1)n1cc(C(=O)Nc2ccccc2)c(N)n1. The number of carbonyl (C=O) groups excluding carboxylic acids is 1. The number of hydroxylamine groups is 1. The molecule has 0 aliphatic carbocycles. The molecule has 0 fully saturated rings. The maximum absolute atomic E-state index is 12.3. The Kier molecular flexibility index (Phi) is 4.87. The Morgan fingerprint density at radius 3 is 2.65 bits per heavy atom. The van der Waals surface area contributed by atoms with Crippen molar-refractivity contribution in [3.63, 3.8) is 0 Å². The van der Waals surface area contributed by atoms with Crippen molar-refractivity contribution in [2.24, 2.45) is 0 Å². The van der Waals surface area contributed by atoms with Crippen molar-refractivity contribution in [3.05, 3.63) is 71.4 Å². The smallest absolute Gasteiger partial charge is 0.261 e. The second kappa shape index (κ2) is 7.26. The van der Waals surface area contributed by atoms with Gasteiger partial charge in [-0.15, -0.1) is 5.10 Å². The van der Waals surface area contributed by atoms with E-state index in [1.807, 2.05) is 6.07 Å². The van der Waals surface area contributed by atoms with Gasteiger partial charge >= 0.3 is 0 Å². The van der Waals surface area contributed by atoms with Gasteiger partial charge in [-0.25, -0.2) is 4.68 Å². The molecule has 9 heteroatoms. The molecule has 1 amide bonds. The maximum atomic E-state index is 12.3. The van der Waals surface area contributed by atoms with Gasteiger partial charge in [-0.2, -0.15) is 5.06 Å². The van der Waals surface area contributed by atoms with Crippen molar-refractivity contribution in [2.45, 2.75) is 0 Å². The fraction of sp³-hybridized carbons (Fsp3) is 0. The van der Waals surface area contributed by atoms with E-state index < -0.39 is 11.9 Å². The number of nitrogen functional groups attached to an aromatic ring is 1. The summed E-state index contributed by atoms with van der Waals surface area (Å²) in [5.41, 5.74) is 6.74. The number of hydrogen-bond donors (Lipinski definition) is 4. The predicted octanol–water partition coefficient (Wildman–Crippen LogP) is 3.05. The molecule has 132 valence electrons. The highest BCUT2D eigenvalue weighted by Crippen LogP contribution is 2.19. The zero-order chi connectivity index (χ0) is 18.7. The van der Waals surface area contributed by atoms with Crippen molar-refractivity contribution in [3.8, 4) is 0 Å². The summed E-state index contributed by atoms with van der Waals surface area (Å²) in [6, 6.07) is 15.2. The van der Waals surface area contributed by atoms with Gasteiger partial charge in [-0.05, 0) is 30.3 Å². The van der Waals surface area contributed by atoms with E-state index in [-0.39, 0.29) is 17.1 Å². The van der Waals surface area contributed by atoms with Crippen LogP contribution in [0.25, 0.3) is 0 Å². The van der Waals surface area contributed by atoms with Gasteiger partial charge < -0.3 is 11.1 Å². The second-order valence-corrected chi connectivity index (χ2v) is 5.74. The Labute approximate surface area is 153 Å².